The number of aliphatic carboxylic acids is 1. The third-order valence-electron chi connectivity index (χ3n) is 7.41. The van der Waals surface area contributed by atoms with Crippen LogP contribution in [-0.4, -0.2) is 97.6 Å². The highest BCUT2D eigenvalue weighted by molar-refractivity contribution is 6.35. The van der Waals surface area contributed by atoms with E-state index in [4.69, 9.17) is 33.1 Å². The van der Waals surface area contributed by atoms with E-state index in [9.17, 15) is 32.8 Å². The van der Waals surface area contributed by atoms with E-state index < -0.39 is 35.5 Å². The molecule has 2 saturated heterocycles. The van der Waals surface area contributed by atoms with Crippen molar-refractivity contribution in [3.05, 3.63) is 63.6 Å². The van der Waals surface area contributed by atoms with Crippen LogP contribution in [0.4, 0.5) is 23.7 Å². The van der Waals surface area contributed by atoms with E-state index in [-0.39, 0.29) is 24.7 Å². The Morgan fingerprint density at radius 1 is 1.09 bits per heavy atom. The van der Waals surface area contributed by atoms with Crippen LogP contribution in [0.2, 0.25) is 10.0 Å². The summed E-state index contributed by atoms with van der Waals surface area (Å²) in [6, 6.07) is 13.1. The Balaban J connectivity index is 0.000000676. The molecule has 44 heavy (non-hydrogen) atoms. The Kier molecular flexibility index (Phi) is 10.2. The van der Waals surface area contributed by atoms with Gasteiger partial charge in [0.1, 0.15) is 11.5 Å². The van der Waals surface area contributed by atoms with Crippen molar-refractivity contribution in [3.63, 3.8) is 0 Å². The lowest BCUT2D eigenvalue weighted by Gasteiger charge is -2.33. The van der Waals surface area contributed by atoms with Gasteiger partial charge in [0.2, 0.25) is 5.91 Å². The molecule has 0 N–H and O–H groups in total. The van der Waals surface area contributed by atoms with Gasteiger partial charge in [0.15, 0.2) is 0 Å². The van der Waals surface area contributed by atoms with Gasteiger partial charge in [-0.15, -0.1) is 0 Å². The number of likely N-dealkylation sites (tertiary alicyclic amines) is 1. The average Bonchev–Trinajstić information content (AvgIpc) is 3.40. The highest BCUT2D eigenvalue weighted by atomic mass is 35.5. The maximum absolute atomic E-state index is 14.2. The van der Waals surface area contributed by atoms with Crippen molar-refractivity contribution >= 4 is 52.7 Å². The second-order valence-corrected chi connectivity index (χ2v) is 12.4. The molecule has 0 bridgehead atoms. The van der Waals surface area contributed by atoms with E-state index in [0.717, 1.165) is 21.5 Å². The molecule has 0 aromatic heterocycles. The van der Waals surface area contributed by atoms with Crippen LogP contribution in [0.15, 0.2) is 42.5 Å². The molecule has 1 spiro atoms. The van der Waals surface area contributed by atoms with Crippen molar-refractivity contribution in [2.75, 3.05) is 52.7 Å². The first-order valence-electron chi connectivity index (χ1n) is 13.3. The number of carbonyl (C=O) groups is 4. The SMILES string of the molecule is CN1C(=O)N(c2cc(Cl)cc(Cl)c2)C(=O)[C@]12CN(C(=O)CCC[N+](C)(C)C)C[C@H]2c1ccc(C#N)cc1.O=C([O-])C(F)(F)F. The molecule has 4 amide bonds. The first kappa shape index (κ1) is 34.6. The molecule has 2 aromatic rings. The van der Waals surface area contributed by atoms with Crippen molar-refractivity contribution in [3.8, 4) is 6.07 Å². The Labute approximate surface area is 262 Å². The van der Waals surface area contributed by atoms with Gasteiger partial charge in [0.05, 0.1) is 51.6 Å². The topological polar surface area (TPSA) is 125 Å². The number of halogens is 5. The van der Waals surface area contributed by atoms with Crippen LogP contribution in [-0.2, 0) is 14.4 Å². The molecule has 10 nitrogen and oxygen atoms in total. The molecule has 4 rings (SSSR count). The van der Waals surface area contributed by atoms with Crippen LogP contribution in [0.5, 0.6) is 0 Å². The van der Waals surface area contributed by atoms with E-state index in [1.165, 1.54) is 23.1 Å². The molecule has 236 valence electrons. The van der Waals surface area contributed by atoms with Gasteiger partial charge in [0.25, 0.3) is 5.91 Å². The summed E-state index contributed by atoms with van der Waals surface area (Å²) in [5, 5.41) is 18.6. The maximum atomic E-state index is 14.2. The Hall–Kier alpha value is -3.86. The summed E-state index contributed by atoms with van der Waals surface area (Å²) in [5.74, 6) is -3.98. The molecule has 2 fully saturated rings. The lowest BCUT2D eigenvalue weighted by molar-refractivity contribution is -0.870. The van der Waals surface area contributed by atoms with Gasteiger partial charge in [-0.3, -0.25) is 9.59 Å². The number of nitriles is 1. The fourth-order valence-corrected chi connectivity index (χ4v) is 5.77. The second kappa shape index (κ2) is 13.0. The zero-order valence-corrected chi connectivity index (χ0v) is 25.8. The number of amides is 4. The number of urea groups is 1. The van der Waals surface area contributed by atoms with E-state index in [1.54, 1.807) is 36.2 Å². The van der Waals surface area contributed by atoms with Crippen LogP contribution >= 0.6 is 23.2 Å². The molecule has 2 atom stereocenters. The first-order valence-corrected chi connectivity index (χ1v) is 14.0. The minimum absolute atomic E-state index is 0.0538. The summed E-state index contributed by atoms with van der Waals surface area (Å²) < 4.78 is 32.3. The Bertz CT molecular complexity index is 1470. The van der Waals surface area contributed by atoms with Gasteiger partial charge in [-0.2, -0.15) is 18.4 Å². The van der Waals surface area contributed by atoms with Crippen molar-refractivity contribution in [1.29, 1.82) is 5.26 Å². The standard InChI is InChI=1S/C27H30Cl2N5O3.C2HF3O2/c1-31-26(37)33(22-13-20(28)12-21(29)14-22)25(36)27(31)17-32(24(35)6-5-11-34(2,3)4)16-23(27)19-9-7-18(15-30)8-10-19;3-2(4,5)1(6)7/h7-10,12-14,23H,5-6,11,16-17H2,1-4H3;(H,6,7)/q+1;/p-1/t23-,27+;/m0./s1. The van der Waals surface area contributed by atoms with E-state index >= 15 is 0 Å². The number of alkyl halides is 3. The number of carbonyl (C=O) groups excluding carboxylic acids is 4. The predicted octanol–water partition coefficient (Wildman–Crippen LogP) is 3.41. The monoisotopic (exact) mass is 655 g/mol. The number of imide groups is 1. The number of likely N-dealkylation sites (N-methyl/N-ethyl adjacent to an activating group) is 1. The molecular formula is C29H30Cl2F3N5O5. The Morgan fingerprint density at radius 3 is 2.11 bits per heavy atom. The van der Waals surface area contributed by atoms with Crippen LogP contribution in [0, 0.1) is 11.3 Å². The normalized spacial score (nSPS) is 20.1. The lowest BCUT2D eigenvalue weighted by atomic mass is 9.80. The number of nitrogens with zero attached hydrogens (tertiary/aromatic N) is 5. The smallest absolute Gasteiger partial charge is 0.430 e. The summed E-state index contributed by atoms with van der Waals surface area (Å²) in [4.78, 5) is 54.0. The molecule has 0 unspecified atom stereocenters. The third-order valence-corrected chi connectivity index (χ3v) is 7.85. The fraction of sp³-hybridized carbons (Fsp3) is 0.414. The van der Waals surface area contributed by atoms with Crippen molar-refractivity contribution in [2.24, 2.45) is 0 Å². The predicted molar refractivity (Wildman–Crippen MR) is 154 cm³/mol. The van der Waals surface area contributed by atoms with Gasteiger partial charge >= 0.3 is 12.2 Å². The number of hydrogen-bond donors (Lipinski definition) is 0. The molecule has 0 saturated carbocycles. The summed E-state index contributed by atoms with van der Waals surface area (Å²) >= 11 is 12.4. The zero-order valence-electron chi connectivity index (χ0n) is 24.3. The van der Waals surface area contributed by atoms with Crippen LogP contribution < -0.4 is 10.0 Å². The van der Waals surface area contributed by atoms with Gasteiger partial charge in [-0.05, 0) is 35.9 Å². The second-order valence-electron chi connectivity index (χ2n) is 11.5. The van der Waals surface area contributed by atoms with Crippen molar-refractivity contribution in [2.45, 2.75) is 30.5 Å². The first-order chi connectivity index (χ1) is 20.3. The number of hydrogen-bond acceptors (Lipinski definition) is 6. The van der Waals surface area contributed by atoms with E-state index in [1.807, 2.05) is 0 Å². The van der Waals surface area contributed by atoms with Crippen LogP contribution in [0.3, 0.4) is 0 Å². The molecule has 0 aliphatic carbocycles. The van der Waals surface area contributed by atoms with Crippen LogP contribution in [0.25, 0.3) is 0 Å². The summed E-state index contributed by atoms with van der Waals surface area (Å²) in [7, 11) is 7.81. The summed E-state index contributed by atoms with van der Waals surface area (Å²) in [6.07, 6.45) is -4.13. The highest BCUT2D eigenvalue weighted by Gasteiger charge is 2.65. The minimum Gasteiger partial charge on any atom is -0.542 e. The molecular weight excluding hydrogens is 626 g/mol. The van der Waals surface area contributed by atoms with Crippen molar-refractivity contribution < 1.29 is 41.9 Å². The minimum atomic E-state index is -5.19. The maximum Gasteiger partial charge on any atom is 0.430 e. The summed E-state index contributed by atoms with van der Waals surface area (Å²) in [6.45, 7) is 1.19. The molecule has 0 radical (unpaired) electrons. The molecule has 2 aliphatic rings. The van der Waals surface area contributed by atoms with E-state index in [0.29, 0.717) is 28.5 Å². The largest absolute Gasteiger partial charge is 0.542 e. The molecule has 15 heteroatoms. The van der Waals surface area contributed by atoms with Gasteiger partial charge in [-0.1, -0.05) is 35.3 Å². The number of quaternary nitrogens is 1. The van der Waals surface area contributed by atoms with Crippen molar-refractivity contribution in [1.82, 2.24) is 9.80 Å². The molecule has 2 heterocycles. The quantitative estimate of drug-likeness (QED) is 0.347. The van der Waals surface area contributed by atoms with E-state index in [2.05, 4.69) is 27.2 Å². The lowest BCUT2D eigenvalue weighted by Crippen LogP contribution is -2.54. The number of benzene rings is 2. The fourth-order valence-electron chi connectivity index (χ4n) is 5.26. The highest BCUT2D eigenvalue weighted by Crippen LogP contribution is 2.46. The summed E-state index contributed by atoms with van der Waals surface area (Å²) in [5.41, 5.74) is 0.235. The number of anilines is 1. The van der Waals surface area contributed by atoms with Gasteiger partial charge in [-0.25, -0.2) is 9.69 Å². The average molecular weight is 656 g/mol. The number of carboxylic acids is 1. The zero-order chi connectivity index (χ0) is 33.2. The number of rotatable bonds is 6. The van der Waals surface area contributed by atoms with Crippen LogP contribution in [0.1, 0.15) is 29.9 Å². The third kappa shape index (κ3) is 7.43. The Morgan fingerprint density at radius 2 is 1.64 bits per heavy atom. The molecule has 2 aromatic carbocycles. The van der Waals surface area contributed by atoms with Gasteiger partial charge in [0, 0.05) is 42.4 Å². The van der Waals surface area contributed by atoms with Gasteiger partial charge < -0.3 is 24.2 Å². The number of carboxylic acid groups (broad SMARTS) is 1. The molecule has 2 aliphatic heterocycles.